The molecule has 0 aromatic heterocycles. The Labute approximate surface area is 209 Å². The van der Waals surface area contributed by atoms with E-state index in [0.717, 1.165) is 16.3 Å². The Bertz CT molecular complexity index is 1440. The number of fused-ring (bicyclic) bond motifs is 1. The summed E-state index contributed by atoms with van der Waals surface area (Å²) in [5.41, 5.74) is 1.42. The van der Waals surface area contributed by atoms with Gasteiger partial charge in [0.1, 0.15) is 11.8 Å². The number of amides is 1. The molecule has 4 aromatic carbocycles. The lowest BCUT2D eigenvalue weighted by Gasteiger charge is -2.20. The molecule has 1 unspecified atom stereocenters. The van der Waals surface area contributed by atoms with E-state index in [1.165, 1.54) is 18.2 Å². The van der Waals surface area contributed by atoms with Crippen molar-refractivity contribution in [2.45, 2.75) is 24.3 Å². The average molecular weight is 509 g/mol. The summed E-state index contributed by atoms with van der Waals surface area (Å²) < 4.78 is 34.4. The Kier molecular flexibility index (Phi) is 7.70. The number of hydrogen-bond acceptors (Lipinski definition) is 4. The molecule has 0 saturated carbocycles. The lowest BCUT2D eigenvalue weighted by atomic mass is 10.1. The molecule has 0 saturated heterocycles. The first-order chi connectivity index (χ1) is 16.9. The molecule has 0 aliphatic rings. The highest BCUT2D eigenvalue weighted by Gasteiger charge is 2.27. The van der Waals surface area contributed by atoms with Crippen LogP contribution in [0.3, 0.4) is 0 Å². The summed E-state index contributed by atoms with van der Waals surface area (Å²) in [5.74, 6) is -0.0755. The number of anilines is 1. The molecule has 0 spiro atoms. The Morgan fingerprint density at radius 3 is 2.40 bits per heavy atom. The number of sulfonamides is 1. The minimum Gasteiger partial charge on any atom is -0.492 e. The van der Waals surface area contributed by atoms with E-state index >= 15 is 0 Å². The van der Waals surface area contributed by atoms with E-state index in [0.29, 0.717) is 18.0 Å². The highest BCUT2D eigenvalue weighted by molar-refractivity contribution is 7.89. The maximum atomic E-state index is 13.4. The van der Waals surface area contributed by atoms with Gasteiger partial charge in [-0.15, -0.1) is 0 Å². The van der Waals surface area contributed by atoms with E-state index < -0.39 is 22.0 Å². The summed E-state index contributed by atoms with van der Waals surface area (Å²) in [6.45, 7) is 2.21. The highest BCUT2D eigenvalue weighted by atomic mass is 35.5. The molecule has 0 radical (unpaired) electrons. The first kappa shape index (κ1) is 24.7. The molecule has 35 heavy (non-hydrogen) atoms. The van der Waals surface area contributed by atoms with E-state index in [2.05, 4.69) is 10.0 Å². The standard InChI is InChI=1S/C27H25ClN2O4S/c1-2-34-26-16-15-21(18-23(26)28)35(32,33)30-25(17-19-9-4-3-5-10-19)27(31)29-24-14-8-12-20-11-6-7-13-22(20)24/h3-16,18,25,30H,2,17H2,1H3,(H,29,31). The van der Waals surface area contributed by atoms with Gasteiger partial charge in [0.05, 0.1) is 16.5 Å². The van der Waals surface area contributed by atoms with Crippen LogP contribution in [0.1, 0.15) is 12.5 Å². The number of ether oxygens (including phenoxy) is 1. The van der Waals surface area contributed by atoms with Crippen LogP contribution in [0.5, 0.6) is 5.75 Å². The van der Waals surface area contributed by atoms with E-state index in [-0.39, 0.29) is 16.3 Å². The minimum absolute atomic E-state index is 0.0537. The van der Waals surface area contributed by atoms with Crippen LogP contribution in [0, 0.1) is 0 Å². The van der Waals surface area contributed by atoms with Crippen LogP contribution in [0.15, 0.2) is 95.9 Å². The number of benzene rings is 4. The molecule has 0 aliphatic heterocycles. The number of halogens is 1. The van der Waals surface area contributed by atoms with Crippen LogP contribution in [-0.2, 0) is 21.2 Å². The molecule has 8 heteroatoms. The molecule has 1 atom stereocenters. The van der Waals surface area contributed by atoms with Crippen molar-refractivity contribution in [1.29, 1.82) is 0 Å². The third kappa shape index (κ3) is 6.00. The summed E-state index contributed by atoms with van der Waals surface area (Å²) in [6, 6.07) is 25.6. The fourth-order valence-electron chi connectivity index (χ4n) is 3.77. The number of carbonyl (C=O) groups is 1. The van der Waals surface area contributed by atoms with Crippen molar-refractivity contribution in [3.63, 3.8) is 0 Å². The van der Waals surface area contributed by atoms with Crippen LogP contribution < -0.4 is 14.8 Å². The van der Waals surface area contributed by atoms with Crippen molar-refractivity contribution in [3.05, 3.63) is 102 Å². The number of nitrogens with one attached hydrogen (secondary N) is 2. The molecular formula is C27H25ClN2O4S. The zero-order chi connectivity index (χ0) is 24.8. The summed E-state index contributed by atoms with van der Waals surface area (Å²) >= 11 is 6.21. The quantitative estimate of drug-likeness (QED) is 0.316. The van der Waals surface area contributed by atoms with Gasteiger partial charge in [-0.1, -0.05) is 78.3 Å². The monoisotopic (exact) mass is 508 g/mol. The van der Waals surface area contributed by atoms with Crippen LogP contribution >= 0.6 is 11.6 Å². The van der Waals surface area contributed by atoms with Gasteiger partial charge in [-0.05, 0) is 48.6 Å². The predicted molar refractivity (Wildman–Crippen MR) is 139 cm³/mol. The molecule has 4 rings (SSSR count). The fraction of sp³-hybridized carbons (Fsp3) is 0.148. The second-order valence-corrected chi connectivity index (χ2v) is 10.0. The summed E-state index contributed by atoms with van der Waals surface area (Å²) in [7, 11) is -4.06. The zero-order valence-corrected chi connectivity index (χ0v) is 20.6. The molecule has 1 amide bonds. The van der Waals surface area contributed by atoms with Gasteiger partial charge in [-0.2, -0.15) is 4.72 Å². The summed E-state index contributed by atoms with van der Waals surface area (Å²) in [6.07, 6.45) is 0.168. The molecule has 0 heterocycles. The minimum atomic E-state index is -4.06. The summed E-state index contributed by atoms with van der Waals surface area (Å²) in [5, 5.41) is 4.91. The molecule has 0 aliphatic carbocycles. The molecule has 2 N–H and O–H groups in total. The van der Waals surface area contributed by atoms with E-state index in [1.807, 2.05) is 73.7 Å². The SMILES string of the molecule is CCOc1ccc(S(=O)(=O)NC(Cc2ccccc2)C(=O)Nc2cccc3ccccc23)cc1Cl. The van der Waals surface area contributed by atoms with Gasteiger partial charge in [0.15, 0.2) is 0 Å². The molecular weight excluding hydrogens is 484 g/mol. The second-order valence-electron chi connectivity index (χ2n) is 7.90. The Balaban J connectivity index is 1.63. The van der Waals surface area contributed by atoms with Gasteiger partial charge in [0, 0.05) is 11.1 Å². The number of hydrogen-bond donors (Lipinski definition) is 2. The van der Waals surface area contributed by atoms with Crippen molar-refractivity contribution in [2.24, 2.45) is 0 Å². The molecule has 6 nitrogen and oxygen atoms in total. The lowest BCUT2D eigenvalue weighted by Crippen LogP contribution is -2.45. The van der Waals surface area contributed by atoms with Gasteiger partial charge < -0.3 is 10.1 Å². The van der Waals surface area contributed by atoms with E-state index in [9.17, 15) is 13.2 Å². The number of rotatable bonds is 9. The fourth-order valence-corrected chi connectivity index (χ4v) is 5.29. The maximum Gasteiger partial charge on any atom is 0.242 e. The van der Waals surface area contributed by atoms with Gasteiger partial charge in [0.2, 0.25) is 15.9 Å². The van der Waals surface area contributed by atoms with Crippen LogP contribution in [-0.4, -0.2) is 27.0 Å². The van der Waals surface area contributed by atoms with Crippen molar-refractivity contribution >= 4 is 44.0 Å². The summed E-state index contributed by atoms with van der Waals surface area (Å²) in [4.78, 5) is 13.3. The highest BCUT2D eigenvalue weighted by Crippen LogP contribution is 2.28. The first-order valence-corrected chi connectivity index (χ1v) is 13.0. The Morgan fingerprint density at radius 2 is 1.66 bits per heavy atom. The first-order valence-electron chi connectivity index (χ1n) is 11.1. The van der Waals surface area contributed by atoms with E-state index in [1.54, 1.807) is 6.07 Å². The van der Waals surface area contributed by atoms with Gasteiger partial charge in [0.25, 0.3) is 0 Å². The van der Waals surface area contributed by atoms with E-state index in [4.69, 9.17) is 16.3 Å². The van der Waals surface area contributed by atoms with Gasteiger partial charge in [-0.3, -0.25) is 4.79 Å². The lowest BCUT2D eigenvalue weighted by molar-refractivity contribution is -0.117. The largest absolute Gasteiger partial charge is 0.492 e. The average Bonchev–Trinajstić information content (AvgIpc) is 2.85. The zero-order valence-electron chi connectivity index (χ0n) is 19.1. The van der Waals surface area contributed by atoms with Crippen LogP contribution in [0.2, 0.25) is 5.02 Å². The third-order valence-corrected chi connectivity index (χ3v) is 7.22. The van der Waals surface area contributed by atoms with Crippen molar-refractivity contribution in [2.75, 3.05) is 11.9 Å². The van der Waals surface area contributed by atoms with Gasteiger partial charge >= 0.3 is 0 Å². The smallest absolute Gasteiger partial charge is 0.242 e. The van der Waals surface area contributed by atoms with Crippen LogP contribution in [0.4, 0.5) is 5.69 Å². The topological polar surface area (TPSA) is 84.5 Å². The third-order valence-electron chi connectivity index (χ3n) is 5.46. The Hall–Kier alpha value is -3.39. The molecule has 0 bridgehead atoms. The molecule has 0 fully saturated rings. The van der Waals surface area contributed by atoms with Crippen molar-refractivity contribution in [1.82, 2.24) is 4.72 Å². The predicted octanol–water partition coefficient (Wildman–Crippen LogP) is 5.42. The van der Waals surface area contributed by atoms with Crippen molar-refractivity contribution in [3.8, 4) is 5.75 Å². The Morgan fingerprint density at radius 1 is 0.943 bits per heavy atom. The van der Waals surface area contributed by atoms with Crippen molar-refractivity contribution < 1.29 is 17.9 Å². The second kappa shape index (κ2) is 10.9. The molecule has 4 aromatic rings. The maximum absolute atomic E-state index is 13.4. The van der Waals surface area contributed by atoms with Crippen LogP contribution in [0.25, 0.3) is 10.8 Å². The normalized spacial score (nSPS) is 12.3. The van der Waals surface area contributed by atoms with Gasteiger partial charge in [-0.25, -0.2) is 8.42 Å². The molecule has 180 valence electrons. The number of carbonyl (C=O) groups excluding carboxylic acids is 1.